The third-order valence-electron chi connectivity index (χ3n) is 1.46. The fourth-order valence-corrected chi connectivity index (χ4v) is 1.39. The molecule has 2 nitrogen and oxygen atoms in total. The molecule has 13 heavy (non-hydrogen) atoms. The normalized spacial score (nSPS) is 9.77. The van der Waals surface area contributed by atoms with Crippen LogP contribution in [-0.4, -0.2) is 5.97 Å². The summed E-state index contributed by atoms with van der Waals surface area (Å²) in [6.07, 6.45) is 0. The number of esters is 1. The zero-order chi connectivity index (χ0) is 9.84. The lowest BCUT2D eigenvalue weighted by Crippen LogP contribution is -2.01. The van der Waals surface area contributed by atoms with Gasteiger partial charge in [0.2, 0.25) is 0 Å². The first kappa shape index (κ1) is 10.4. The molecule has 0 heterocycles. The van der Waals surface area contributed by atoms with Crippen molar-refractivity contribution >= 4 is 28.6 Å². The first-order chi connectivity index (χ1) is 6.11. The smallest absolute Gasteiger partial charge is 0.302 e. The van der Waals surface area contributed by atoms with Crippen molar-refractivity contribution in [1.82, 2.24) is 0 Å². The van der Waals surface area contributed by atoms with Gasteiger partial charge in [0, 0.05) is 16.1 Å². The fraction of sp³-hybridized carbons (Fsp3) is 0.222. The van der Waals surface area contributed by atoms with Gasteiger partial charge in [0.25, 0.3) is 0 Å². The summed E-state index contributed by atoms with van der Waals surface area (Å²) in [5.74, 6) is -0.720. The van der Waals surface area contributed by atoms with E-state index in [1.165, 1.54) is 6.92 Å². The van der Waals surface area contributed by atoms with Crippen LogP contribution in [-0.2, 0) is 16.1 Å². The number of ether oxygens (including phenoxy) is 1. The fourth-order valence-electron chi connectivity index (χ4n) is 0.839. The molecule has 0 fully saturated rings. The Hall–Kier alpha value is -0.650. The van der Waals surface area contributed by atoms with E-state index in [0.29, 0.717) is 9.13 Å². The van der Waals surface area contributed by atoms with Crippen molar-refractivity contribution < 1.29 is 13.9 Å². The summed E-state index contributed by atoms with van der Waals surface area (Å²) >= 11 is 1.89. The van der Waals surface area contributed by atoms with Crippen molar-refractivity contribution in [2.45, 2.75) is 13.5 Å². The maximum atomic E-state index is 13.3. The van der Waals surface area contributed by atoms with Crippen molar-refractivity contribution in [3.63, 3.8) is 0 Å². The van der Waals surface area contributed by atoms with E-state index in [2.05, 4.69) is 4.74 Å². The summed E-state index contributed by atoms with van der Waals surface area (Å²) in [7, 11) is 0. The zero-order valence-electron chi connectivity index (χ0n) is 7.01. The van der Waals surface area contributed by atoms with Crippen molar-refractivity contribution in [1.29, 1.82) is 0 Å². The van der Waals surface area contributed by atoms with Gasteiger partial charge in [-0.3, -0.25) is 4.79 Å². The lowest BCUT2D eigenvalue weighted by atomic mass is 10.2. The average molecular weight is 294 g/mol. The molecule has 0 N–H and O–H groups in total. The van der Waals surface area contributed by atoms with Crippen LogP contribution in [0.3, 0.4) is 0 Å². The summed E-state index contributed by atoms with van der Waals surface area (Å²) in [5.41, 5.74) is 0.405. The van der Waals surface area contributed by atoms with Crippen LogP contribution in [0, 0.1) is 9.39 Å². The number of hydrogen-bond acceptors (Lipinski definition) is 2. The van der Waals surface area contributed by atoms with E-state index in [0.717, 1.165) is 0 Å². The second-order valence-corrected chi connectivity index (χ2v) is 3.66. The Bertz CT molecular complexity index is 325. The van der Waals surface area contributed by atoms with E-state index >= 15 is 0 Å². The van der Waals surface area contributed by atoms with Crippen LogP contribution in [0.15, 0.2) is 18.2 Å². The average Bonchev–Trinajstić information content (AvgIpc) is 2.07. The van der Waals surface area contributed by atoms with E-state index in [4.69, 9.17) is 0 Å². The van der Waals surface area contributed by atoms with E-state index in [9.17, 15) is 9.18 Å². The molecule has 0 atom stereocenters. The van der Waals surface area contributed by atoms with E-state index in [1.807, 2.05) is 22.6 Å². The van der Waals surface area contributed by atoms with Gasteiger partial charge in [0.1, 0.15) is 12.4 Å². The van der Waals surface area contributed by atoms with Gasteiger partial charge in [-0.05, 0) is 28.7 Å². The molecule has 0 saturated heterocycles. The summed E-state index contributed by atoms with van der Waals surface area (Å²) in [4.78, 5) is 10.5. The number of carbonyl (C=O) groups excluding carboxylic acids is 1. The Morgan fingerprint density at radius 3 is 2.92 bits per heavy atom. The molecule has 70 valence electrons. The standard InChI is InChI=1S/C9H8FIO2/c1-6(12)13-5-7-3-2-4-8(11)9(7)10/h2-4H,5H2,1H3. The van der Waals surface area contributed by atoms with Crippen LogP contribution < -0.4 is 0 Å². The second kappa shape index (κ2) is 4.55. The molecule has 4 heteroatoms. The third kappa shape index (κ3) is 2.95. The first-order valence-electron chi connectivity index (χ1n) is 3.67. The maximum absolute atomic E-state index is 13.3. The Kier molecular flexibility index (Phi) is 3.65. The maximum Gasteiger partial charge on any atom is 0.302 e. The zero-order valence-corrected chi connectivity index (χ0v) is 9.17. The van der Waals surface area contributed by atoms with Crippen molar-refractivity contribution in [3.05, 3.63) is 33.1 Å². The highest BCUT2D eigenvalue weighted by Crippen LogP contribution is 2.15. The van der Waals surface area contributed by atoms with E-state index in [-0.39, 0.29) is 12.4 Å². The van der Waals surface area contributed by atoms with Crippen LogP contribution in [0.5, 0.6) is 0 Å². The van der Waals surface area contributed by atoms with Gasteiger partial charge in [0.05, 0.1) is 0 Å². The minimum atomic E-state index is -0.404. The number of rotatable bonds is 2. The number of hydrogen-bond donors (Lipinski definition) is 0. The van der Waals surface area contributed by atoms with Crippen molar-refractivity contribution in [3.8, 4) is 0 Å². The quantitative estimate of drug-likeness (QED) is 0.619. The van der Waals surface area contributed by atoms with Gasteiger partial charge >= 0.3 is 5.97 Å². The predicted octanol–water partition coefficient (Wildman–Crippen LogP) is 2.49. The SMILES string of the molecule is CC(=O)OCc1cccc(I)c1F. The van der Waals surface area contributed by atoms with Gasteiger partial charge in [-0.25, -0.2) is 4.39 Å². The van der Waals surface area contributed by atoms with Gasteiger partial charge in [-0.15, -0.1) is 0 Å². The Labute approximate surface area is 89.2 Å². The molecule has 0 aromatic heterocycles. The molecule has 0 aliphatic carbocycles. The van der Waals surface area contributed by atoms with Crippen LogP contribution in [0.25, 0.3) is 0 Å². The molecule has 0 spiro atoms. The van der Waals surface area contributed by atoms with Crippen LogP contribution in [0.1, 0.15) is 12.5 Å². The highest BCUT2D eigenvalue weighted by atomic mass is 127. The molecule has 0 radical (unpaired) electrons. The number of halogens is 2. The van der Waals surface area contributed by atoms with Gasteiger partial charge < -0.3 is 4.74 Å². The lowest BCUT2D eigenvalue weighted by Gasteiger charge is -2.04. The molecule has 0 aliphatic rings. The minimum Gasteiger partial charge on any atom is -0.461 e. The molecule has 1 aromatic rings. The first-order valence-corrected chi connectivity index (χ1v) is 4.75. The van der Waals surface area contributed by atoms with E-state index < -0.39 is 5.97 Å². The Morgan fingerprint density at radius 2 is 2.31 bits per heavy atom. The summed E-state index contributed by atoms with van der Waals surface area (Å²) in [5, 5.41) is 0. The monoisotopic (exact) mass is 294 g/mol. The number of carbonyl (C=O) groups is 1. The van der Waals surface area contributed by atoms with Crippen LogP contribution in [0.2, 0.25) is 0 Å². The summed E-state index contributed by atoms with van der Waals surface area (Å²) < 4.78 is 18.5. The molecular weight excluding hydrogens is 286 g/mol. The molecule has 0 saturated carbocycles. The third-order valence-corrected chi connectivity index (χ3v) is 2.30. The van der Waals surface area contributed by atoms with Gasteiger partial charge in [-0.2, -0.15) is 0 Å². The molecule has 1 aromatic carbocycles. The summed E-state index contributed by atoms with van der Waals surface area (Å²) in [6.45, 7) is 1.30. The molecular formula is C9H8FIO2. The summed E-state index contributed by atoms with van der Waals surface area (Å²) in [6, 6.07) is 4.98. The van der Waals surface area contributed by atoms with Crippen molar-refractivity contribution in [2.75, 3.05) is 0 Å². The predicted molar refractivity (Wildman–Crippen MR) is 54.6 cm³/mol. The molecule has 0 unspecified atom stereocenters. The Morgan fingerprint density at radius 1 is 1.62 bits per heavy atom. The minimum absolute atomic E-state index is 0.00198. The topological polar surface area (TPSA) is 26.3 Å². The van der Waals surface area contributed by atoms with Gasteiger partial charge in [-0.1, -0.05) is 12.1 Å². The Balaban J connectivity index is 2.77. The molecule has 0 bridgehead atoms. The highest BCUT2D eigenvalue weighted by Gasteiger charge is 2.06. The molecule has 0 amide bonds. The highest BCUT2D eigenvalue weighted by molar-refractivity contribution is 14.1. The van der Waals surface area contributed by atoms with Crippen LogP contribution in [0.4, 0.5) is 4.39 Å². The lowest BCUT2D eigenvalue weighted by molar-refractivity contribution is -0.142. The van der Waals surface area contributed by atoms with Gasteiger partial charge in [0.15, 0.2) is 0 Å². The second-order valence-electron chi connectivity index (χ2n) is 2.49. The van der Waals surface area contributed by atoms with Crippen LogP contribution >= 0.6 is 22.6 Å². The molecule has 0 aliphatic heterocycles. The van der Waals surface area contributed by atoms with E-state index in [1.54, 1.807) is 18.2 Å². The largest absolute Gasteiger partial charge is 0.461 e. The van der Waals surface area contributed by atoms with Crippen molar-refractivity contribution in [2.24, 2.45) is 0 Å². The molecule has 1 rings (SSSR count). The number of benzene rings is 1.